The topological polar surface area (TPSA) is 20.2 Å². The van der Waals surface area contributed by atoms with Crippen LogP contribution in [0.2, 0.25) is 0 Å². The molecule has 0 amide bonds. The predicted octanol–water partition coefficient (Wildman–Crippen LogP) is 7.24. The van der Waals surface area contributed by atoms with Gasteiger partial charge in [-0.1, -0.05) is 59.6 Å². The van der Waals surface area contributed by atoms with Crippen LogP contribution < -0.4 is 0 Å². The second-order valence-corrected chi connectivity index (χ2v) is 12.2. The fourth-order valence-electron chi connectivity index (χ4n) is 8.98. The summed E-state index contributed by atoms with van der Waals surface area (Å²) in [6.07, 6.45) is 18.6. The summed E-state index contributed by atoms with van der Waals surface area (Å²) in [6, 6.07) is 0. The summed E-state index contributed by atoms with van der Waals surface area (Å²) in [6.45, 7) is 12.2. The highest BCUT2D eigenvalue weighted by atomic mass is 16.3. The first-order valence-corrected chi connectivity index (χ1v) is 12.6. The molecule has 0 saturated heterocycles. The summed E-state index contributed by atoms with van der Waals surface area (Å²) < 4.78 is 0. The van der Waals surface area contributed by atoms with Gasteiger partial charge in [0, 0.05) is 0 Å². The van der Waals surface area contributed by atoms with Crippen LogP contribution in [0.15, 0.2) is 12.2 Å². The van der Waals surface area contributed by atoms with Crippen LogP contribution >= 0.6 is 0 Å². The summed E-state index contributed by atoms with van der Waals surface area (Å²) in [5.74, 6) is 5.24. The van der Waals surface area contributed by atoms with Gasteiger partial charge in [0.1, 0.15) is 0 Å². The predicted molar refractivity (Wildman–Crippen MR) is 119 cm³/mol. The quantitative estimate of drug-likeness (QED) is 0.505. The Labute approximate surface area is 174 Å². The summed E-state index contributed by atoms with van der Waals surface area (Å²) >= 11 is 0. The van der Waals surface area contributed by atoms with E-state index in [1.807, 2.05) is 0 Å². The van der Waals surface area contributed by atoms with Gasteiger partial charge in [-0.15, -0.1) is 0 Å². The molecular weight excluding hydrogens is 340 g/mol. The van der Waals surface area contributed by atoms with Gasteiger partial charge in [-0.05, 0) is 104 Å². The van der Waals surface area contributed by atoms with E-state index in [2.05, 4.69) is 46.8 Å². The Bertz CT molecular complexity index is 579. The SMILES string of the molecule is CC(C)C/C=C\[C@@H](C)[C@H]1[C@@H](O)C[C@H]2[C@@H]3CC[C@H]4CCCC[C@]4(C)[C@H]3CC[C@]12C. The molecule has 4 fully saturated rings. The Balaban J connectivity index is 1.55. The maximum absolute atomic E-state index is 11.2. The van der Waals surface area contributed by atoms with E-state index < -0.39 is 0 Å². The zero-order valence-corrected chi connectivity index (χ0v) is 19.3. The number of hydrogen-bond acceptors (Lipinski definition) is 1. The van der Waals surface area contributed by atoms with Crippen molar-refractivity contribution < 1.29 is 5.11 Å². The third-order valence-corrected chi connectivity index (χ3v) is 10.3. The van der Waals surface area contributed by atoms with Crippen molar-refractivity contribution in [2.75, 3.05) is 0 Å². The standard InChI is InChI=1S/C27H46O/c1-18(2)9-8-10-19(3)25-24(28)17-23-21-13-12-20-11-6-7-15-26(20,4)22(21)14-16-27(23,25)5/h8,10,18-25,28H,6-7,9,11-17H2,1-5H3/b10-8-/t19-,20-,21-,22+,23+,24+,25+,26+,27+/m1/s1. The molecule has 0 spiro atoms. The van der Waals surface area contributed by atoms with Crippen molar-refractivity contribution in [1.82, 2.24) is 0 Å². The van der Waals surface area contributed by atoms with E-state index in [0.29, 0.717) is 22.7 Å². The zero-order chi connectivity index (χ0) is 20.1. The molecular formula is C27H46O. The fourth-order valence-corrected chi connectivity index (χ4v) is 8.98. The molecule has 4 rings (SSSR count). The molecule has 0 unspecified atom stereocenters. The molecule has 0 aliphatic heterocycles. The molecule has 1 heteroatoms. The summed E-state index contributed by atoms with van der Waals surface area (Å²) in [5, 5.41) is 11.2. The Morgan fingerprint density at radius 2 is 1.71 bits per heavy atom. The maximum atomic E-state index is 11.2. The van der Waals surface area contributed by atoms with E-state index in [-0.39, 0.29) is 6.10 Å². The molecule has 28 heavy (non-hydrogen) atoms. The Morgan fingerprint density at radius 1 is 0.929 bits per heavy atom. The van der Waals surface area contributed by atoms with Gasteiger partial charge in [0.25, 0.3) is 0 Å². The molecule has 0 heterocycles. The van der Waals surface area contributed by atoms with Crippen LogP contribution in [0.3, 0.4) is 0 Å². The van der Waals surface area contributed by atoms with Crippen molar-refractivity contribution in [3.8, 4) is 0 Å². The molecule has 4 aliphatic rings. The molecule has 0 aromatic rings. The summed E-state index contributed by atoms with van der Waals surface area (Å²) in [7, 11) is 0. The van der Waals surface area contributed by atoms with Gasteiger partial charge in [0.15, 0.2) is 0 Å². The van der Waals surface area contributed by atoms with Crippen molar-refractivity contribution in [1.29, 1.82) is 0 Å². The Morgan fingerprint density at radius 3 is 2.46 bits per heavy atom. The van der Waals surface area contributed by atoms with E-state index in [4.69, 9.17) is 0 Å². The molecule has 1 N–H and O–H groups in total. The molecule has 0 aromatic carbocycles. The number of aliphatic hydroxyl groups is 1. The maximum Gasteiger partial charge on any atom is 0.0582 e. The molecule has 4 aliphatic carbocycles. The Kier molecular flexibility index (Phi) is 5.80. The van der Waals surface area contributed by atoms with Crippen molar-refractivity contribution >= 4 is 0 Å². The third-order valence-electron chi connectivity index (χ3n) is 10.3. The fraction of sp³-hybridized carbons (Fsp3) is 0.926. The monoisotopic (exact) mass is 386 g/mol. The normalized spacial score (nSPS) is 49.7. The van der Waals surface area contributed by atoms with Gasteiger partial charge >= 0.3 is 0 Å². The average molecular weight is 387 g/mol. The average Bonchev–Trinajstić information content (AvgIpc) is 2.91. The van der Waals surface area contributed by atoms with E-state index in [1.54, 1.807) is 0 Å². The zero-order valence-electron chi connectivity index (χ0n) is 19.3. The minimum atomic E-state index is -0.0932. The molecule has 0 radical (unpaired) electrons. The molecule has 1 nitrogen and oxygen atoms in total. The van der Waals surface area contributed by atoms with Gasteiger partial charge in [-0.3, -0.25) is 0 Å². The molecule has 0 bridgehead atoms. The lowest BCUT2D eigenvalue weighted by atomic mass is 9.44. The number of rotatable bonds is 4. The second-order valence-electron chi connectivity index (χ2n) is 12.2. The van der Waals surface area contributed by atoms with Crippen molar-refractivity contribution in [3.63, 3.8) is 0 Å². The van der Waals surface area contributed by atoms with Crippen LogP contribution in [0, 0.1) is 52.3 Å². The number of fused-ring (bicyclic) bond motifs is 5. The second kappa shape index (κ2) is 7.75. The third kappa shape index (κ3) is 3.32. The van der Waals surface area contributed by atoms with Gasteiger partial charge in [-0.25, -0.2) is 0 Å². The first-order valence-electron chi connectivity index (χ1n) is 12.6. The first kappa shape index (κ1) is 21.0. The largest absolute Gasteiger partial charge is 0.393 e. The number of hydrogen-bond donors (Lipinski definition) is 1. The summed E-state index contributed by atoms with van der Waals surface area (Å²) in [4.78, 5) is 0. The molecule has 0 aromatic heterocycles. The number of aliphatic hydroxyl groups excluding tert-OH is 1. The Hall–Kier alpha value is -0.300. The first-order chi connectivity index (χ1) is 13.3. The van der Waals surface area contributed by atoms with Crippen molar-refractivity contribution in [2.45, 2.75) is 105 Å². The van der Waals surface area contributed by atoms with Gasteiger partial charge < -0.3 is 5.11 Å². The smallest absolute Gasteiger partial charge is 0.0582 e. The van der Waals surface area contributed by atoms with Crippen LogP contribution in [0.25, 0.3) is 0 Å². The van der Waals surface area contributed by atoms with Crippen LogP contribution in [0.1, 0.15) is 98.8 Å². The van der Waals surface area contributed by atoms with E-state index in [9.17, 15) is 5.11 Å². The lowest BCUT2D eigenvalue weighted by molar-refractivity contribution is -0.113. The van der Waals surface area contributed by atoms with Crippen LogP contribution in [0.4, 0.5) is 0 Å². The van der Waals surface area contributed by atoms with Gasteiger partial charge in [0.05, 0.1) is 6.10 Å². The van der Waals surface area contributed by atoms with Gasteiger partial charge in [0.2, 0.25) is 0 Å². The molecule has 9 atom stereocenters. The minimum Gasteiger partial charge on any atom is -0.393 e. The highest BCUT2D eigenvalue weighted by molar-refractivity contribution is 5.13. The lowest BCUT2D eigenvalue weighted by Gasteiger charge is -2.60. The van der Waals surface area contributed by atoms with E-state index >= 15 is 0 Å². The van der Waals surface area contributed by atoms with Crippen LogP contribution in [-0.2, 0) is 0 Å². The van der Waals surface area contributed by atoms with Crippen molar-refractivity contribution in [2.24, 2.45) is 52.3 Å². The van der Waals surface area contributed by atoms with E-state index in [1.165, 1.54) is 51.4 Å². The van der Waals surface area contributed by atoms with Gasteiger partial charge in [-0.2, -0.15) is 0 Å². The van der Waals surface area contributed by atoms with E-state index in [0.717, 1.165) is 42.4 Å². The van der Waals surface area contributed by atoms with Crippen molar-refractivity contribution in [3.05, 3.63) is 12.2 Å². The lowest BCUT2D eigenvalue weighted by Crippen LogP contribution is -2.53. The minimum absolute atomic E-state index is 0.0932. The highest BCUT2D eigenvalue weighted by Gasteiger charge is 2.62. The van der Waals surface area contributed by atoms with Crippen LogP contribution in [-0.4, -0.2) is 11.2 Å². The molecule has 160 valence electrons. The van der Waals surface area contributed by atoms with Crippen LogP contribution in [0.5, 0.6) is 0 Å². The molecule has 4 saturated carbocycles. The number of allylic oxidation sites excluding steroid dienone is 2. The highest BCUT2D eigenvalue weighted by Crippen LogP contribution is 2.68. The summed E-state index contributed by atoms with van der Waals surface area (Å²) in [5.41, 5.74) is 0.953.